The Morgan fingerprint density at radius 1 is 1.12 bits per heavy atom. The van der Waals surface area contributed by atoms with Gasteiger partial charge in [0.05, 0.1) is 16.2 Å². The van der Waals surface area contributed by atoms with Gasteiger partial charge >= 0.3 is 0 Å². The summed E-state index contributed by atoms with van der Waals surface area (Å²) in [4.78, 5) is 31.2. The van der Waals surface area contributed by atoms with E-state index in [0.717, 1.165) is 37.0 Å². The summed E-state index contributed by atoms with van der Waals surface area (Å²) in [5, 5.41) is 2.59. The van der Waals surface area contributed by atoms with Crippen LogP contribution in [0.3, 0.4) is 0 Å². The Labute approximate surface area is 158 Å². The first-order valence-corrected chi connectivity index (χ1v) is 10.0. The highest BCUT2D eigenvalue weighted by Gasteiger charge is 2.18. The molecular formula is C19H18N4OS2. The monoisotopic (exact) mass is 382 g/mol. The summed E-state index contributed by atoms with van der Waals surface area (Å²) in [6, 6.07) is 7.97. The summed E-state index contributed by atoms with van der Waals surface area (Å²) >= 11 is 3.16. The van der Waals surface area contributed by atoms with Crippen molar-refractivity contribution in [1.29, 1.82) is 0 Å². The third-order valence-corrected chi connectivity index (χ3v) is 6.62. The van der Waals surface area contributed by atoms with Crippen molar-refractivity contribution in [2.24, 2.45) is 0 Å². The van der Waals surface area contributed by atoms with Gasteiger partial charge in [0.1, 0.15) is 21.5 Å². The van der Waals surface area contributed by atoms with Crippen LogP contribution >= 0.6 is 23.1 Å². The lowest BCUT2D eigenvalue weighted by Gasteiger charge is -2.12. The minimum Gasteiger partial charge on any atom is -0.309 e. The molecule has 0 aliphatic rings. The van der Waals surface area contributed by atoms with E-state index < -0.39 is 0 Å². The Kier molecular flexibility index (Phi) is 4.28. The number of nitrogens with zero attached hydrogens (tertiary/aromatic N) is 3. The first-order chi connectivity index (χ1) is 12.4. The van der Waals surface area contributed by atoms with Crippen molar-refractivity contribution in [3.63, 3.8) is 0 Å². The third-order valence-electron chi connectivity index (χ3n) is 4.41. The predicted octanol–water partition coefficient (Wildman–Crippen LogP) is 4.71. The van der Waals surface area contributed by atoms with E-state index in [4.69, 9.17) is 4.98 Å². The van der Waals surface area contributed by atoms with Crippen molar-refractivity contribution in [3.8, 4) is 0 Å². The van der Waals surface area contributed by atoms with Gasteiger partial charge < -0.3 is 4.98 Å². The smallest absolute Gasteiger partial charge is 0.259 e. The molecule has 0 amide bonds. The van der Waals surface area contributed by atoms with E-state index in [-0.39, 0.29) is 10.8 Å². The second kappa shape index (κ2) is 6.48. The van der Waals surface area contributed by atoms with Crippen LogP contribution in [0.2, 0.25) is 0 Å². The summed E-state index contributed by atoms with van der Waals surface area (Å²) in [5.41, 5.74) is 1.88. The summed E-state index contributed by atoms with van der Waals surface area (Å²) in [5.74, 6) is 1.41. The van der Waals surface area contributed by atoms with E-state index >= 15 is 0 Å². The molecule has 3 aromatic heterocycles. The number of aromatic amines is 1. The number of nitrogens with one attached hydrogen (secondary N) is 1. The van der Waals surface area contributed by atoms with Gasteiger partial charge in [-0.1, -0.05) is 30.0 Å². The lowest BCUT2D eigenvalue weighted by molar-refractivity contribution is 0.917. The fourth-order valence-electron chi connectivity index (χ4n) is 2.94. The molecule has 3 heterocycles. The molecule has 0 spiro atoms. The quantitative estimate of drug-likeness (QED) is 0.410. The summed E-state index contributed by atoms with van der Waals surface area (Å²) in [7, 11) is 0. The van der Waals surface area contributed by atoms with Crippen molar-refractivity contribution in [3.05, 3.63) is 56.7 Å². The van der Waals surface area contributed by atoms with Gasteiger partial charge in [-0.2, -0.15) is 0 Å². The molecule has 4 rings (SSSR count). The molecule has 4 aromatic rings. The molecule has 0 aliphatic carbocycles. The van der Waals surface area contributed by atoms with E-state index in [1.54, 1.807) is 23.1 Å². The highest BCUT2D eigenvalue weighted by atomic mass is 32.2. The van der Waals surface area contributed by atoms with E-state index in [2.05, 4.69) is 15.0 Å². The number of para-hydroxylation sites is 1. The van der Waals surface area contributed by atoms with E-state index in [0.29, 0.717) is 11.2 Å². The minimum absolute atomic E-state index is 0.0347. The van der Waals surface area contributed by atoms with Crippen molar-refractivity contribution >= 4 is 44.2 Å². The van der Waals surface area contributed by atoms with E-state index in [9.17, 15) is 4.79 Å². The molecule has 0 aliphatic heterocycles. The molecule has 0 bridgehead atoms. The number of hydrogen-bond acceptors (Lipinski definition) is 6. The molecule has 0 unspecified atom stereocenters. The molecule has 26 heavy (non-hydrogen) atoms. The Bertz CT molecular complexity index is 1200. The molecule has 5 nitrogen and oxygen atoms in total. The maximum absolute atomic E-state index is 12.5. The molecule has 0 saturated heterocycles. The summed E-state index contributed by atoms with van der Waals surface area (Å²) in [6.07, 6.45) is 0. The fourth-order valence-corrected chi connectivity index (χ4v) is 5.02. The molecule has 0 fully saturated rings. The highest BCUT2D eigenvalue weighted by Crippen LogP contribution is 2.36. The largest absolute Gasteiger partial charge is 0.309 e. The van der Waals surface area contributed by atoms with Gasteiger partial charge in [-0.25, -0.2) is 15.0 Å². The lowest BCUT2D eigenvalue weighted by atomic mass is 10.2. The minimum atomic E-state index is -0.0666. The molecule has 7 heteroatoms. The zero-order chi connectivity index (χ0) is 18.4. The van der Waals surface area contributed by atoms with Crippen LogP contribution in [0.25, 0.3) is 21.1 Å². The number of fused-ring (bicyclic) bond motifs is 2. The zero-order valence-corrected chi connectivity index (χ0v) is 16.6. The predicted molar refractivity (Wildman–Crippen MR) is 108 cm³/mol. The van der Waals surface area contributed by atoms with Crippen molar-refractivity contribution < 1.29 is 0 Å². The first kappa shape index (κ1) is 17.2. The average molecular weight is 383 g/mol. The van der Waals surface area contributed by atoms with Crippen molar-refractivity contribution in [2.75, 3.05) is 0 Å². The normalized spacial score (nSPS) is 12.8. The highest BCUT2D eigenvalue weighted by molar-refractivity contribution is 7.99. The Morgan fingerprint density at radius 3 is 2.69 bits per heavy atom. The number of H-pyrrole nitrogens is 1. The van der Waals surface area contributed by atoms with Crippen molar-refractivity contribution in [2.45, 2.75) is 38.0 Å². The zero-order valence-electron chi connectivity index (χ0n) is 15.0. The van der Waals surface area contributed by atoms with Crippen LogP contribution in [0.15, 0.2) is 34.1 Å². The second-order valence-electron chi connectivity index (χ2n) is 6.27. The molecule has 1 atom stereocenters. The number of rotatable bonds is 3. The Morgan fingerprint density at radius 2 is 1.88 bits per heavy atom. The van der Waals surface area contributed by atoms with Crippen LogP contribution in [-0.2, 0) is 0 Å². The second-order valence-corrected chi connectivity index (χ2v) is 8.80. The Balaban J connectivity index is 1.77. The van der Waals surface area contributed by atoms with Gasteiger partial charge in [-0.15, -0.1) is 11.3 Å². The van der Waals surface area contributed by atoms with Crippen LogP contribution in [0, 0.1) is 20.8 Å². The van der Waals surface area contributed by atoms with Crippen LogP contribution in [0.4, 0.5) is 0 Å². The SMILES string of the molecule is Cc1nc(S[C@@H](C)c2nc3sc(C)c(C)c3c(=O)[nH]2)c2ccccc2n1. The van der Waals surface area contributed by atoms with Gasteiger partial charge in [0.25, 0.3) is 5.56 Å². The van der Waals surface area contributed by atoms with Crippen LogP contribution in [0.5, 0.6) is 0 Å². The third kappa shape index (κ3) is 2.91. The standard InChI is InChI=1S/C19H18N4OS2/c1-9-10(2)25-19-15(9)17(24)22-16(23-19)11(3)26-18-13-7-5-6-8-14(13)20-12(4)21-18/h5-8,11H,1-4H3,(H,22,23,24)/t11-/m0/s1. The number of thioether (sulfide) groups is 1. The van der Waals surface area contributed by atoms with Crippen LogP contribution < -0.4 is 5.56 Å². The molecule has 1 N–H and O–H groups in total. The first-order valence-electron chi connectivity index (χ1n) is 8.34. The van der Waals surface area contributed by atoms with Gasteiger partial charge in [-0.3, -0.25) is 4.79 Å². The van der Waals surface area contributed by atoms with Crippen LogP contribution in [-0.4, -0.2) is 19.9 Å². The maximum atomic E-state index is 12.5. The maximum Gasteiger partial charge on any atom is 0.259 e. The van der Waals surface area contributed by atoms with Gasteiger partial charge in [-0.05, 0) is 39.3 Å². The number of aromatic nitrogens is 4. The molecule has 0 radical (unpaired) electrons. The Hall–Kier alpha value is -2.25. The van der Waals surface area contributed by atoms with E-state index in [1.165, 1.54) is 0 Å². The number of hydrogen-bond donors (Lipinski definition) is 1. The molecule has 132 valence electrons. The topological polar surface area (TPSA) is 71.5 Å². The van der Waals surface area contributed by atoms with Gasteiger partial charge in [0.15, 0.2) is 0 Å². The fraction of sp³-hybridized carbons (Fsp3) is 0.263. The molecule has 0 saturated carbocycles. The lowest BCUT2D eigenvalue weighted by Crippen LogP contribution is -2.12. The molecule has 1 aromatic carbocycles. The number of thiophene rings is 1. The number of benzene rings is 1. The summed E-state index contributed by atoms with van der Waals surface area (Å²) in [6.45, 7) is 7.92. The van der Waals surface area contributed by atoms with Crippen LogP contribution in [0.1, 0.15) is 34.3 Å². The van der Waals surface area contributed by atoms with Gasteiger partial charge in [0, 0.05) is 10.3 Å². The number of aryl methyl sites for hydroxylation is 3. The average Bonchev–Trinajstić information content (AvgIpc) is 2.89. The van der Waals surface area contributed by atoms with Gasteiger partial charge in [0.2, 0.25) is 0 Å². The van der Waals surface area contributed by atoms with E-state index in [1.807, 2.05) is 52.0 Å². The summed E-state index contributed by atoms with van der Waals surface area (Å²) < 4.78 is 0. The van der Waals surface area contributed by atoms with Crippen molar-refractivity contribution in [1.82, 2.24) is 19.9 Å². The molecular weight excluding hydrogens is 364 g/mol.